The first-order valence-corrected chi connectivity index (χ1v) is 9.03. The number of nitrogens with two attached hydrogens (primary N) is 1. The van der Waals surface area contributed by atoms with Crippen LogP contribution >= 0.6 is 11.6 Å². The van der Waals surface area contributed by atoms with Crippen LogP contribution in [0, 0.1) is 0 Å². The van der Waals surface area contributed by atoms with Gasteiger partial charge in [-0.1, -0.05) is 23.7 Å². The van der Waals surface area contributed by atoms with Gasteiger partial charge in [-0.3, -0.25) is 0 Å². The van der Waals surface area contributed by atoms with Gasteiger partial charge >= 0.3 is 6.03 Å². The van der Waals surface area contributed by atoms with Gasteiger partial charge in [-0.05, 0) is 48.9 Å². The number of halogens is 1. The minimum atomic E-state index is -3.73. The highest BCUT2D eigenvalue weighted by Crippen LogP contribution is 2.21. The van der Waals surface area contributed by atoms with Gasteiger partial charge in [0.2, 0.25) is 10.0 Å². The van der Waals surface area contributed by atoms with Gasteiger partial charge in [0, 0.05) is 17.8 Å². The van der Waals surface area contributed by atoms with E-state index in [4.69, 9.17) is 16.7 Å². The molecule has 0 saturated carbocycles. The first-order chi connectivity index (χ1) is 11.2. The molecule has 6 nitrogen and oxygen atoms in total. The van der Waals surface area contributed by atoms with E-state index in [-0.39, 0.29) is 17.0 Å². The molecule has 3 N–H and O–H groups in total. The second kappa shape index (κ2) is 7.21. The number of benzene rings is 2. The molecule has 2 amide bonds. The lowest BCUT2D eigenvalue weighted by atomic mass is 10.1. The second-order valence-electron chi connectivity index (χ2n) is 5.34. The topological polar surface area (TPSA) is 92.5 Å². The molecule has 0 aliphatic carbocycles. The smallest absolute Gasteiger partial charge is 0.321 e. The molecule has 0 aromatic heterocycles. The zero-order chi connectivity index (χ0) is 17.9. The largest absolute Gasteiger partial charge is 0.322 e. The molecule has 1 unspecified atom stereocenters. The fraction of sp³-hybridized carbons (Fsp3) is 0.188. The number of urea groups is 1. The predicted molar refractivity (Wildman–Crippen MR) is 94.5 cm³/mol. The fourth-order valence-electron chi connectivity index (χ4n) is 2.08. The van der Waals surface area contributed by atoms with Crippen molar-refractivity contribution in [3.63, 3.8) is 0 Å². The minimum Gasteiger partial charge on any atom is -0.321 e. The predicted octanol–water partition coefficient (Wildman–Crippen LogP) is 3.21. The van der Waals surface area contributed by atoms with Crippen LogP contribution in [0.3, 0.4) is 0 Å². The van der Waals surface area contributed by atoms with Crippen LogP contribution in [-0.2, 0) is 10.0 Å². The van der Waals surface area contributed by atoms with Gasteiger partial charge in [0.25, 0.3) is 0 Å². The van der Waals surface area contributed by atoms with Gasteiger partial charge < -0.3 is 10.2 Å². The molecule has 0 radical (unpaired) electrons. The molecule has 2 aromatic rings. The zero-order valence-corrected chi connectivity index (χ0v) is 14.8. The molecule has 0 fully saturated rings. The van der Waals surface area contributed by atoms with Crippen molar-refractivity contribution < 1.29 is 13.2 Å². The maximum atomic E-state index is 12.3. The Balaban J connectivity index is 2.09. The van der Waals surface area contributed by atoms with E-state index in [1.54, 1.807) is 43.4 Å². The first kappa shape index (κ1) is 18.3. The minimum absolute atomic E-state index is 0.0340. The van der Waals surface area contributed by atoms with Crippen molar-refractivity contribution in [2.24, 2.45) is 5.14 Å². The SMILES string of the molecule is CC(c1ccc(S(N)(=O)=O)cc1)N(C)C(=O)Nc1ccc(Cl)cc1. The van der Waals surface area contributed by atoms with Gasteiger partial charge in [0.15, 0.2) is 0 Å². The molecule has 0 bridgehead atoms. The lowest BCUT2D eigenvalue weighted by molar-refractivity contribution is 0.208. The highest BCUT2D eigenvalue weighted by molar-refractivity contribution is 7.89. The summed E-state index contributed by atoms with van der Waals surface area (Å²) in [5.74, 6) is 0. The second-order valence-corrected chi connectivity index (χ2v) is 7.34. The summed E-state index contributed by atoms with van der Waals surface area (Å²) in [6.45, 7) is 1.84. The van der Waals surface area contributed by atoms with Crippen LogP contribution in [0.25, 0.3) is 0 Å². The molecule has 128 valence electrons. The number of hydrogen-bond acceptors (Lipinski definition) is 3. The van der Waals surface area contributed by atoms with Crippen molar-refractivity contribution in [1.82, 2.24) is 4.90 Å². The number of carbonyl (C=O) groups is 1. The van der Waals surface area contributed by atoms with Crippen molar-refractivity contribution in [2.75, 3.05) is 12.4 Å². The molecular formula is C16H18ClN3O3S. The van der Waals surface area contributed by atoms with Crippen LogP contribution in [-0.4, -0.2) is 26.4 Å². The average Bonchev–Trinajstić information content (AvgIpc) is 2.55. The third-order valence-corrected chi connectivity index (χ3v) is 4.87. The molecule has 0 heterocycles. The van der Waals surface area contributed by atoms with Crippen molar-refractivity contribution in [1.29, 1.82) is 0 Å². The Morgan fingerprint density at radius 3 is 2.17 bits per heavy atom. The number of sulfonamides is 1. The van der Waals surface area contributed by atoms with Crippen LogP contribution in [0.4, 0.5) is 10.5 Å². The first-order valence-electron chi connectivity index (χ1n) is 7.10. The van der Waals surface area contributed by atoms with E-state index in [0.29, 0.717) is 10.7 Å². The molecule has 0 aliphatic rings. The number of anilines is 1. The van der Waals surface area contributed by atoms with Crippen LogP contribution in [0.5, 0.6) is 0 Å². The van der Waals surface area contributed by atoms with Gasteiger partial charge in [-0.15, -0.1) is 0 Å². The average molecular weight is 368 g/mol. The van der Waals surface area contributed by atoms with Gasteiger partial charge in [0.1, 0.15) is 0 Å². The van der Waals surface area contributed by atoms with Crippen molar-refractivity contribution in [3.05, 3.63) is 59.1 Å². The molecule has 0 saturated heterocycles. The molecule has 0 aliphatic heterocycles. The number of amides is 2. The number of nitrogens with zero attached hydrogens (tertiary/aromatic N) is 1. The maximum absolute atomic E-state index is 12.3. The zero-order valence-electron chi connectivity index (χ0n) is 13.2. The molecular weight excluding hydrogens is 350 g/mol. The molecule has 2 aromatic carbocycles. The normalized spacial score (nSPS) is 12.5. The Morgan fingerprint density at radius 2 is 1.67 bits per heavy atom. The summed E-state index contributed by atoms with van der Waals surface area (Å²) in [6.07, 6.45) is 0. The third kappa shape index (κ3) is 4.47. The van der Waals surface area contributed by atoms with Gasteiger partial charge in [-0.2, -0.15) is 0 Å². The van der Waals surface area contributed by atoms with E-state index in [1.165, 1.54) is 17.0 Å². The highest BCUT2D eigenvalue weighted by Gasteiger charge is 2.18. The Hall–Kier alpha value is -2.09. The van der Waals surface area contributed by atoms with Crippen LogP contribution in [0.15, 0.2) is 53.4 Å². The van der Waals surface area contributed by atoms with Crippen LogP contribution < -0.4 is 10.5 Å². The Morgan fingerprint density at radius 1 is 1.12 bits per heavy atom. The monoisotopic (exact) mass is 367 g/mol. The summed E-state index contributed by atoms with van der Waals surface area (Å²) in [5, 5.41) is 8.43. The number of hydrogen-bond donors (Lipinski definition) is 2. The Labute approximate surface area is 146 Å². The highest BCUT2D eigenvalue weighted by atomic mass is 35.5. The van der Waals surface area contributed by atoms with Crippen LogP contribution in [0.2, 0.25) is 5.02 Å². The number of nitrogens with one attached hydrogen (secondary N) is 1. The maximum Gasteiger partial charge on any atom is 0.322 e. The summed E-state index contributed by atoms with van der Waals surface area (Å²) in [5.41, 5.74) is 1.42. The standard InChI is InChI=1S/C16H18ClN3O3S/c1-11(12-3-9-15(10-4-12)24(18,22)23)20(2)16(21)19-14-7-5-13(17)6-8-14/h3-11H,1-2H3,(H,19,21)(H2,18,22,23). The molecule has 1 atom stereocenters. The lowest BCUT2D eigenvalue weighted by Gasteiger charge is -2.25. The number of primary sulfonamides is 1. The van der Waals surface area contributed by atoms with E-state index in [0.717, 1.165) is 5.56 Å². The van der Waals surface area contributed by atoms with E-state index in [2.05, 4.69) is 5.32 Å². The molecule has 2 rings (SSSR count). The van der Waals surface area contributed by atoms with Crippen molar-refractivity contribution in [2.45, 2.75) is 17.9 Å². The molecule has 24 heavy (non-hydrogen) atoms. The summed E-state index contributed by atoms with van der Waals surface area (Å²) in [4.78, 5) is 13.9. The summed E-state index contributed by atoms with van der Waals surface area (Å²) in [7, 11) is -2.07. The quantitative estimate of drug-likeness (QED) is 0.868. The van der Waals surface area contributed by atoms with E-state index in [9.17, 15) is 13.2 Å². The third-order valence-electron chi connectivity index (χ3n) is 3.69. The van der Waals surface area contributed by atoms with Crippen LogP contribution in [0.1, 0.15) is 18.5 Å². The summed E-state index contributed by atoms with van der Waals surface area (Å²) < 4.78 is 22.6. The molecule has 0 spiro atoms. The van der Waals surface area contributed by atoms with Gasteiger partial charge in [-0.25, -0.2) is 18.4 Å². The number of carbonyl (C=O) groups excluding carboxylic acids is 1. The summed E-state index contributed by atoms with van der Waals surface area (Å²) in [6, 6.07) is 12.4. The number of rotatable bonds is 4. The Bertz CT molecular complexity index is 821. The van der Waals surface area contributed by atoms with E-state index in [1.807, 2.05) is 6.92 Å². The van der Waals surface area contributed by atoms with E-state index >= 15 is 0 Å². The fourth-order valence-corrected chi connectivity index (χ4v) is 2.72. The lowest BCUT2D eigenvalue weighted by Crippen LogP contribution is -2.33. The van der Waals surface area contributed by atoms with E-state index < -0.39 is 10.0 Å². The summed E-state index contributed by atoms with van der Waals surface area (Å²) >= 11 is 5.81. The molecule has 8 heteroatoms. The van der Waals surface area contributed by atoms with Gasteiger partial charge in [0.05, 0.1) is 10.9 Å². The van der Waals surface area contributed by atoms with Crippen molar-refractivity contribution in [3.8, 4) is 0 Å². The van der Waals surface area contributed by atoms with Crippen molar-refractivity contribution >= 4 is 33.3 Å². The Kier molecular flexibility index (Phi) is 5.48.